The number of nitrogens with two attached hydrogens (primary N) is 1. The Labute approximate surface area is 98.0 Å². The lowest BCUT2D eigenvalue weighted by Gasteiger charge is -2.05. The summed E-state index contributed by atoms with van der Waals surface area (Å²) >= 11 is 0. The molecule has 0 amide bonds. The van der Waals surface area contributed by atoms with Gasteiger partial charge in [-0.3, -0.25) is 0 Å². The van der Waals surface area contributed by atoms with Gasteiger partial charge >= 0.3 is 0 Å². The molecule has 1 aromatic carbocycles. The normalized spacial score (nSPS) is 12.8. The van der Waals surface area contributed by atoms with Crippen molar-refractivity contribution in [1.82, 2.24) is 0 Å². The van der Waals surface area contributed by atoms with E-state index in [0.29, 0.717) is 0 Å². The van der Waals surface area contributed by atoms with Crippen molar-refractivity contribution in [2.45, 2.75) is 20.8 Å². The van der Waals surface area contributed by atoms with Crippen molar-refractivity contribution >= 4 is 5.57 Å². The molecule has 0 aliphatic rings. The van der Waals surface area contributed by atoms with Crippen LogP contribution in [0.4, 0.5) is 0 Å². The third-order valence-electron chi connectivity index (χ3n) is 2.36. The maximum atomic E-state index is 5.29. The summed E-state index contributed by atoms with van der Waals surface area (Å²) in [6, 6.07) is 6.57. The number of allylic oxidation sites excluding steroid dienone is 5. The van der Waals surface area contributed by atoms with Gasteiger partial charge in [0, 0.05) is 0 Å². The fraction of sp³-hybridized carbons (Fsp3) is 0.200. The highest BCUT2D eigenvalue weighted by atomic mass is 14.5. The second kappa shape index (κ2) is 5.96. The second-order valence-electron chi connectivity index (χ2n) is 3.86. The molecule has 0 heterocycles. The van der Waals surface area contributed by atoms with E-state index in [9.17, 15) is 0 Å². The first-order valence-electron chi connectivity index (χ1n) is 5.47. The van der Waals surface area contributed by atoms with E-state index in [0.717, 1.165) is 0 Å². The molecule has 0 aliphatic heterocycles. The summed E-state index contributed by atoms with van der Waals surface area (Å²) in [7, 11) is 0. The lowest BCUT2D eigenvalue weighted by molar-refractivity contribution is 1.36. The van der Waals surface area contributed by atoms with Crippen molar-refractivity contribution in [3.05, 3.63) is 65.4 Å². The van der Waals surface area contributed by atoms with E-state index >= 15 is 0 Å². The molecule has 1 rings (SSSR count). The van der Waals surface area contributed by atoms with Gasteiger partial charge in [-0.05, 0) is 44.2 Å². The van der Waals surface area contributed by atoms with E-state index in [2.05, 4.69) is 44.2 Å². The van der Waals surface area contributed by atoms with E-state index in [4.69, 9.17) is 5.73 Å². The summed E-state index contributed by atoms with van der Waals surface area (Å²) < 4.78 is 0. The Morgan fingerprint density at radius 3 is 2.19 bits per heavy atom. The van der Waals surface area contributed by atoms with Crippen LogP contribution in [-0.4, -0.2) is 0 Å². The van der Waals surface area contributed by atoms with Gasteiger partial charge in [0.2, 0.25) is 0 Å². The number of hydrogen-bond donors (Lipinski definition) is 1. The molecule has 0 fully saturated rings. The highest BCUT2D eigenvalue weighted by molar-refractivity contribution is 5.74. The fourth-order valence-electron chi connectivity index (χ4n) is 1.72. The Kier molecular flexibility index (Phi) is 4.59. The lowest BCUT2D eigenvalue weighted by Crippen LogP contribution is -1.85. The van der Waals surface area contributed by atoms with Crippen LogP contribution in [0.25, 0.3) is 5.57 Å². The second-order valence-corrected chi connectivity index (χ2v) is 3.86. The van der Waals surface area contributed by atoms with Crippen LogP contribution in [0.5, 0.6) is 0 Å². The van der Waals surface area contributed by atoms with E-state index in [1.54, 1.807) is 0 Å². The van der Waals surface area contributed by atoms with Crippen molar-refractivity contribution in [2.75, 3.05) is 0 Å². The zero-order valence-electron chi connectivity index (χ0n) is 10.2. The van der Waals surface area contributed by atoms with Crippen LogP contribution in [0, 0.1) is 13.8 Å². The Morgan fingerprint density at radius 2 is 1.69 bits per heavy atom. The van der Waals surface area contributed by atoms with Crippen LogP contribution >= 0.6 is 0 Å². The molecule has 0 radical (unpaired) electrons. The highest BCUT2D eigenvalue weighted by Gasteiger charge is 1.98. The molecule has 2 N–H and O–H groups in total. The van der Waals surface area contributed by atoms with Gasteiger partial charge in [-0.2, -0.15) is 0 Å². The molecule has 0 saturated heterocycles. The lowest BCUT2D eigenvalue weighted by atomic mass is 10.0. The molecule has 16 heavy (non-hydrogen) atoms. The summed E-state index contributed by atoms with van der Waals surface area (Å²) in [5.74, 6) is 0. The average Bonchev–Trinajstić information content (AvgIpc) is 2.23. The van der Waals surface area contributed by atoms with Gasteiger partial charge in [-0.1, -0.05) is 47.6 Å². The van der Waals surface area contributed by atoms with Crippen molar-refractivity contribution < 1.29 is 0 Å². The quantitative estimate of drug-likeness (QED) is 0.761. The minimum absolute atomic E-state index is 1.21. The highest BCUT2D eigenvalue weighted by Crippen LogP contribution is 2.19. The molecular weight excluding hydrogens is 194 g/mol. The maximum Gasteiger partial charge on any atom is -0.00624 e. The van der Waals surface area contributed by atoms with Crippen LogP contribution in [-0.2, 0) is 0 Å². The number of hydrogen-bond acceptors (Lipinski definition) is 1. The van der Waals surface area contributed by atoms with E-state index in [-0.39, 0.29) is 0 Å². The molecule has 0 saturated carbocycles. The van der Waals surface area contributed by atoms with Crippen LogP contribution in [0.15, 0.2) is 48.7 Å². The summed E-state index contributed by atoms with van der Waals surface area (Å²) in [4.78, 5) is 0. The van der Waals surface area contributed by atoms with Crippen molar-refractivity contribution in [3.8, 4) is 0 Å². The first-order valence-corrected chi connectivity index (χ1v) is 5.47. The molecule has 0 atom stereocenters. The predicted molar refractivity (Wildman–Crippen MR) is 72.0 cm³/mol. The monoisotopic (exact) mass is 213 g/mol. The summed E-state index contributed by atoms with van der Waals surface area (Å²) in [5.41, 5.74) is 10.3. The Hall–Kier alpha value is -1.76. The zero-order chi connectivity index (χ0) is 12.0. The Balaban J connectivity index is 3.05. The predicted octanol–water partition coefficient (Wildman–Crippen LogP) is 3.74. The molecule has 0 bridgehead atoms. The number of rotatable bonds is 3. The molecule has 0 unspecified atom stereocenters. The summed E-state index contributed by atoms with van der Waals surface area (Å²) in [6.45, 7) is 6.28. The first-order chi connectivity index (χ1) is 7.67. The fourth-order valence-corrected chi connectivity index (χ4v) is 1.72. The van der Waals surface area contributed by atoms with Gasteiger partial charge in [0.05, 0.1) is 0 Å². The zero-order valence-corrected chi connectivity index (χ0v) is 10.2. The number of benzene rings is 1. The first kappa shape index (κ1) is 12.3. The minimum Gasteiger partial charge on any atom is -0.405 e. The molecule has 84 valence electrons. The van der Waals surface area contributed by atoms with Gasteiger partial charge in [0.25, 0.3) is 0 Å². The molecule has 0 aliphatic carbocycles. The number of aryl methyl sites for hydroxylation is 2. The van der Waals surface area contributed by atoms with Crippen LogP contribution in [0.2, 0.25) is 0 Å². The van der Waals surface area contributed by atoms with Gasteiger partial charge < -0.3 is 5.73 Å². The molecule has 0 aromatic heterocycles. The largest absolute Gasteiger partial charge is 0.405 e. The van der Waals surface area contributed by atoms with E-state index in [1.807, 2.05) is 19.1 Å². The van der Waals surface area contributed by atoms with Crippen molar-refractivity contribution in [3.63, 3.8) is 0 Å². The third kappa shape index (κ3) is 3.43. The third-order valence-corrected chi connectivity index (χ3v) is 2.36. The molecule has 0 spiro atoms. The smallest absolute Gasteiger partial charge is 0.00624 e. The van der Waals surface area contributed by atoms with Crippen LogP contribution < -0.4 is 5.73 Å². The standard InChI is InChI=1S/C15H19N/c1-4-14(7-5-6-8-16)15-10-12(2)9-13(3)11-15/h4-11H,16H2,1-3H3/b7-5-,8-6-,14-4+. The van der Waals surface area contributed by atoms with Crippen LogP contribution in [0.1, 0.15) is 23.6 Å². The van der Waals surface area contributed by atoms with Gasteiger partial charge in [0.1, 0.15) is 0 Å². The SMILES string of the molecule is C\C=C(/C=C\C=C/N)c1cc(C)cc(C)c1. The van der Waals surface area contributed by atoms with E-state index in [1.165, 1.54) is 28.5 Å². The average molecular weight is 213 g/mol. The maximum absolute atomic E-state index is 5.29. The minimum atomic E-state index is 1.21. The van der Waals surface area contributed by atoms with Gasteiger partial charge in [-0.25, -0.2) is 0 Å². The van der Waals surface area contributed by atoms with Crippen molar-refractivity contribution in [1.29, 1.82) is 0 Å². The Morgan fingerprint density at radius 1 is 1.06 bits per heavy atom. The van der Waals surface area contributed by atoms with E-state index < -0.39 is 0 Å². The molecule has 1 nitrogen and oxygen atoms in total. The van der Waals surface area contributed by atoms with Gasteiger partial charge in [0.15, 0.2) is 0 Å². The Bertz CT molecular complexity index is 416. The summed E-state index contributed by atoms with van der Waals surface area (Å²) in [6.07, 6.45) is 9.48. The van der Waals surface area contributed by atoms with Gasteiger partial charge in [-0.15, -0.1) is 0 Å². The molecule has 1 aromatic rings. The molecule has 1 heteroatoms. The topological polar surface area (TPSA) is 26.0 Å². The van der Waals surface area contributed by atoms with Crippen LogP contribution in [0.3, 0.4) is 0 Å². The van der Waals surface area contributed by atoms with Crippen molar-refractivity contribution in [2.24, 2.45) is 5.73 Å². The summed E-state index contributed by atoms with van der Waals surface area (Å²) in [5, 5.41) is 0. The molecular formula is C15H19N.